The first kappa shape index (κ1) is 9.70. The molecule has 1 aromatic rings. The van der Waals surface area contributed by atoms with Crippen LogP contribution in [0.3, 0.4) is 0 Å². The monoisotopic (exact) mass is 307 g/mol. The highest BCUT2D eigenvalue weighted by Crippen LogP contribution is 2.25. The van der Waals surface area contributed by atoms with Gasteiger partial charge in [0.1, 0.15) is 5.82 Å². The average Bonchev–Trinajstić information content (AvgIpc) is 2.62. The van der Waals surface area contributed by atoms with E-state index < -0.39 is 6.09 Å². The summed E-state index contributed by atoms with van der Waals surface area (Å²) in [6.45, 7) is 0.721. The SMILES string of the molecule is O=C(OI)N1Cc2cccc(F)c2C1. The van der Waals surface area contributed by atoms with Crippen molar-refractivity contribution in [3.63, 3.8) is 0 Å². The molecule has 0 fully saturated rings. The van der Waals surface area contributed by atoms with Gasteiger partial charge in [-0.2, -0.15) is 0 Å². The molecule has 0 N–H and O–H groups in total. The lowest BCUT2D eigenvalue weighted by molar-refractivity contribution is 0.167. The van der Waals surface area contributed by atoms with Crippen molar-refractivity contribution in [3.8, 4) is 0 Å². The predicted molar refractivity (Wildman–Crippen MR) is 56.1 cm³/mol. The Kier molecular flexibility index (Phi) is 2.58. The number of halogens is 2. The van der Waals surface area contributed by atoms with Gasteiger partial charge in [0.05, 0.1) is 6.54 Å². The molecule has 0 aromatic heterocycles. The van der Waals surface area contributed by atoms with E-state index in [1.807, 2.05) is 6.07 Å². The molecule has 1 aliphatic rings. The molecule has 0 atom stereocenters. The molecular weight excluding hydrogens is 300 g/mol. The minimum absolute atomic E-state index is 0.258. The maximum atomic E-state index is 13.3. The molecule has 5 heteroatoms. The van der Waals surface area contributed by atoms with Crippen LogP contribution >= 0.6 is 23.0 Å². The number of hydrogen-bond acceptors (Lipinski definition) is 2. The van der Waals surface area contributed by atoms with Crippen molar-refractivity contribution >= 4 is 29.1 Å². The van der Waals surface area contributed by atoms with Gasteiger partial charge >= 0.3 is 6.09 Å². The average molecular weight is 307 g/mol. The van der Waals surface area contributed by atoms with Crippen LogP contribution in [-0.2, 0) is 16.2 Å². The zero-order valence-corrected chi connectivity index (χ0v) is 9.32. The van der Waals surface area contributed by atoms with E-state index in [9.17, 15) is 9.18 Å². The number of hydrogen-bond donors (Lipinski definition) is 0. The molecular formula is C9H7FINO2. The van der Waals surface area contributed by atoms with E-state index >= 15 is 0 Å². The summed E-state index contributed by atoms with van der Waals surface area (Å²) < 4.78 is 17.8. The molecule has 3 nitrogen and oxygen atoms in total. The van der Waals surface area contributed by atoms with Crippen molar-refractivity contribution in [2.75, 3.05) is 0 Å². The van der Waals surface area contributed by atoms with E-state index in [0.29, 0.717) is 18.7 Å². The smallest absolute Gasteiger partial charge is 0.378 e. The van der Waals surface area contributed by atoms with Gasteiger partial charge in [-0.05, 0) is 11.6 Å². The van der Waals surface area contributed by atoms with E-state index in [2.05, 4.69) is 3.07 Å². The van der Waals surface area contributed by atoms with E-state index in [0.717, 1.165) is 5.56 Å². The highest BCUT2D eigenvalue weighted by molar-refractivity contribution is 14.1. The second-order valence-electron chi connectivity index (χ2n) is 3.08. The summed E-state index contributed by atoms with van der Waals surface area (Å²) in [5, 5.41) is 0. The fraction of sp³-hybridized carbons (Fsp3) is 0.222. The molecule has 14 heavy (non-hydrogen) atoms. The van der Waals surface area contributed by atoms with Crippen molar-refractivity contribution in [2.24, 2.45) is 0 Å². The van der Waals surface area contributed by atoms with Gasteiger partial charge in [0.15, 0.2) is 23.0 Å². The van der Waals surface area contributed by atoms with Crippen LogP contribution in [0.4, 0.5) is 9.18 Å². The summed E-state index contributed by atoms with van der Waals surface area (Å²) in [5.74, 6) is -0.258. The van der Waals surface area contributed by atoms with Gasteiger partial charge in [0, 0.05) is 12.1 Å². The molecule has 0 saturated carbocycles. The third-order valence-corrected chi connectivity index (χ3v) is 2.63. The first-order chi connectivity index (χ1) is 6.72. The third-order valence-electron chi connectivity index (χ3n) is 2.25. The fourth-order valence-corrected chi connectivity index (χ4v) is 1.84. The van der Waals surface area contributed by atoms with E-state index in [1.54, 1.807) is 6.07 Å². The molecule has 0 unspecified atom stereocenters. The van der Waals surface area contributed by atoms with Crippen LogP contribution in [0, 0.1) is 5.82 Å². The molecule has 0 bridgehead atoms. The Morgan fingerprint density at radius 2 is 2.29 bits per heavy atom. The molecule has 1 heterocycles. The molecule has 2 rings (SSSR count). The Labute approximate surface area is 94.5 Å². The third kappa shape index (κ3) is 1.56. The lowest BCUT2D eigenvalue weighted by Crippen LogP contribution is -2.23. The van der Waals surface area contributed by atoms with Crippen LogP contribution in [0.25, 0.3) is 0 Å². The Bertz CT molecular complexity index is 383. The summed E-state index contributed by atoms with van der Waals surface area (Å²) in [7, 11) is 0. The van der Waals surface area contributed by atoms with Crippen LogP contribution in [0.2, 0.25) is 0 Å². The number of amides is 1. The molecule has 1 amide bonds. The van der Waals surface area contributed by atoms with Gasteiger partial charge < -0.3 is 3.07 Å². The Morgan fingerprint density at radius 1 is 1.50 bits per heavy atom. The van der Waals surface area contributed by atoms with Crippen LogP contribution in [0.1, 0.15) is 11.1 Å². The van der Waals surface area contributed by atoms with Gasteiger partial charge in [-0.25, -0.2) is 9.18 Å². The predicted octanol–water partition coefficient (Wildman–Crippen LogP) is 2.63. The Balaban J connectivity index is 2.26. The molecule has 0 spiro atoms. The molecule has 1 aliphatic heterocycles. The summed E-state index contributed by atoms with van der Waals surface area (Å²) in [6.07, 6.45) is -0.429. The maximum absolute atomic E-state index is 13.3. The highest BCUT2D eigenvalue weighted by atomic mass is 127. The molecule has 0 aliphatic carbocycles. The minimum atomic E-state index is -0.429. The number of nitrogens with zero attached hydrogens (tertiary/aromatic N) is 1. The number of rotatable bonds is 0. The number of benzene rings is 1. The zero-order valence-electron chi connectivity index (χ0n) is 7.17. The van der Waals surface area contributed by atoms with E-state index in [-0.39, 0.29) is 5.82 Å². The Hall–Kier alpha value is -0.850. The largest absolute Gasteiger partial charge is 0.419 e. The second-order valence-corrected chi connectivity index (χ2v) is 3.52. The quantitative estimate of drug-likeness (QED) is 0.690. The summed E-state index contributed by atoms with van der Waals surface area (Å²) in [6, 6.07) is 4.86. The first-order valence-corrected chi connectivity index (χ1v) is 4.94. The van der Waals surface area contributed by atoms with Crippen LogP contribution in [0.5, 0.6) is 0 Å². The highest BCUT2D eigenvalue weighted by Gasteiger charge is 2.26. The van der Waals surface area contributed by atoms with E-state index in [4.69, 9.17) is 0 Å². The lowest BCUT2D eigenvalue weighted by atomic mass is 10.1. The number of fused-ring (bicyclic) bond motifs is 1. The lowest BCUT2D eigenvalue weighted by Gasteiger charge is -2.11. The van der Waals surface area contributed by atoms with Gasteiger partial charge in [-0.1, -0.05) is 12.1 Å². The van der Waals surface area contributed by atoms with Crippen molar-refractivity contribution in [2.45, 2.75) is 13.1 Å². The van der Waals surface area contributed by atoms with Gasteiger partial charge in [0.25, 0.3) is 0 Å². The molecule has 74 valence electrons. The molecule has 0 saturated heterocycles. The van der Waals surface area contributed by atoms with Crippen molar-refractivity contribution < 1.29 is 12.3 Å². The van der Waals surface area contributed by atoms with Gasteiger partial charge in [0.2, 0.25) is 0 Å². The standard InChI is InChI=1S/C9H7FINO2/c10-8-3-1-2-6-4-12(5-7(6)8)9(13)14-11/h1-3H,4-5H2. The van der Waals surface area contributed by atoms with Crippen molar-refractivity contribution in [1.29, 1.82) is 0 Å². The fourth-order valence-electron chi connectivity index (χ4n) is 1.56. The van der Waals surface area contributed by atoms with E-state index in [1.165, 1.54) is 34.0 Å². The normalized spacial score (nSPS) is 14.0. The summed E-state index contributed by atoms with van der Waals surface area (Å²) >= 11 is 1.53. The van der Waals surface area contributed by atoms with Crippen molar-refractivity contribution in [1.82, 2.24) is 4.90 Å². The van der Waals surface area contributed by atoms with Crippen LogP contribution in [-0.4, -0.2) is 11.0 Å². The maximum Gasteiger partial charge on any atom is 0.419 e. The van der Waals surface area contributed by atoms with Gasteiger partial charge in [-0.15, -0.1) is 0 Å². The number of carbonyl (C=O) groups is 1. The topological polar surface area (TPSA) is 29.5 Å². The molecule has 0 radical (unpaired) electrons. The second kappa shape index (κ2) is 3.72. The van der Waals surface area contributed by atoms with Gasteiger partial charge in [-0.3, -0.25) is 4.90 Å². The first-order valence-electron chi connectivity index (χ1n) is 4.06. The number of carbonyl (C=O) groups excluding carboxylic acids is 1. The minimum Gasteiger partial charge on any atom is -0.378 e. The van der Waals surface area contributed by atoms with Crippen LogP contribution < -0.4 is 0 Å². The van der Waals surface area contributed by atoms with Crippen LogP contribution in [0.15, 0.2) is 18.2 Å². The summed E-state index contributed by atoms with van der Waals surface area (Å²) in [4.78, 5) is 12.6. The molecule has 1 aromatic carbocycles. The Morgan fingerprint density at radius 3 is 2.93 bits per heavy atom. The zero-order chi connectivity index (χ0) is 10.1. The van der Waals surface area contributed by atoms with Crippen molar-refractivity contribution in [3.05, 3.63) is 35.1 Å². The summed E-state index contributed by atoms with van der Waals surface area (Å²) in [5.41, 5.74) is 1.45.